The van der Waals surface area contributed by atoms with Crippen LogP contribution in [0.2, 0.25) is 0 Å². The smallest absolute Gasteiger partial charge is 0.290 e. The highest BCUT2D eigenvalue weighted by atomic mass is 16.5. The summed E-state index contributed by atoms with van der Waals surface area (Å²) in [5.41, 5.74) is 2.24. The van der Waals surface area contributed by atoms with E-state index in [9.17, 15) is 14.7 Å². The Balaban J connectivity index is 1.45. The first-order valence-corrected chi connectivity index (χ1v) is 11.6. The normalized spacial score (nSPS) is 15.6. The zero-order valence-corrected chi connectivity index (χ0v) is 19.7. The quantitative estimate of drug-likeness (QED) is 0.328. The SMILES string of the molecule is COCCN1C(=O)C(O)=C(C(=O)c2cc3ccccc3o2)C1c1ccc(OCc2ccccc2)cc1. The summed E-state index contributed by atoms with van der Waals surface area (Å²) in [6.07, 6.45) is 0. The average Bonchev–Trinajstić information content (AvgIpc) is 3.46. The van der Waals surface area contributed by atoms with Gasteiger partial charge >= 0.3 is 0 Å². The van der Waals surface area contributed by atoms with Crippen molar-refractivity contribution in [3.8, 4) is 5.75 Å². The zero-order valence-electron chi connectivity index (χ0n) is 19.7. The number of ketones is 1. The molecule has 1 aliphatic rings. The number of furan rings is 1. The van der Waals surface area contributed by atoms with Crippen molar-refractivity contribution in [3.05, 3.63) is 113 Å². The third-order valence-electron chi connectivity index (χ3n) is 6.18. The zero-order chi connectivity index (χ0) is 25.1. The van der Waals surface area contributed by atoms with E-state index in [1.54, 1.807) is 36.4 Å². The number of hydrogen-bond donors (Lipinski definition) is 1. The van der Waals surface area contributed by atoms with Gasteiger partial charge in [0.25, 0.3) is 5.91 Å². The first-order chi connectivity index (χ1) is 17.6. The second-order valence-electron chi connectivity index (χ2n) is 8.48. The van der Waals surface area contributed by atoms with Crippen molar-refractivity contribution >= 4 is 22.7 Å². The van der Waals surface area contributed by atoms with Gasteiger partial charge in [-0.05, 0) is 35.4 Å². The number of benzene rings is 3. The van der Waals surface area contributed by atoms with Crippen LogP contribution in [-0.2, 0) is 16.1 Å². The number of aliphatic hydroxyl groups excluding tert-OH is 1. The van der Waals surface area contributed by atoms with Gasteiger partial charge < -0.3 is 23.9 Å². The number of amides is 1. The van der Waals surface area contributed by atoms with E-state index in [-0.39, 0.29) is 24.5 Å². The highest BCUT2D eigenvalue weighted by molar-refractivity contribution is 6.16. The minimum absolute atomic E-state index is 0.0203. The number of ether oxygens (including phenoxy) is 2. The van der Waals surface area contributed by atoms with E-state index in [1.807, 2.05) is 48.5 Å². The molecular formula is C29H25NO6. The first kappa shape index (κ1) is 23.4. The molecule has 7 nitrogen and oxygen atoms in total. The summed E-state index contributed by atoms with van der Waals surface area (Å²) in [5, 5.41) is 11.6. The van der Waals surface area contributed by atoms with Gasteiger partial charge in [-0.2, -0.15) is 0 Å². The monoisotopic (exact) mass is 483 g/mol. The number of aliphatic hydroxyl groups is 1. The molecule has 182 valence electrons. The molecule has 1 unspecified atom stereocenters. The lowest BCUT2D eigenvalue weighted by Gasteiger charge is -2.26. The van der Waals surface area contributed by atoms with Crippen LogP contribution in [0.3, 0.4) is 0 Å². The van der Waals surface area contributed by atoms with E-state index in [0.29, 0.717) is 23.5 Å². The second-order valence-corrected chi connectivity index (χ2v) is 8.48. The Morgan fingerprint density at radius 1 is 1.00 bits per heavy atom. The Morgan fingerprint density at radius 3 is 2.44 bits per heavy atom. The molecule has 1 aromatic heterocycles. The van der Waals surface area contributed by atoms with Gasteiger partial charge in [0, 0.05) is 19.0 Å². The minimum atomic E-state index is -0.795. The Labute approximate surface area is 208 Å². The van der Waals surface area contributed by atoms with Crippen LogP contribution in [0.1, 0.15) is 27.7 Å². The lowest BCUT2D eigenvalue weighted by Crippen LogP contribution is -2.33. The molecule has 36 heavy (non-hydrogen) atoms. The van der Waals surface area contributed by atoms with Crippen molar-refractivity contribution < 1.29 is 28.6 Å². The average molecular weight is 484 g/mol. The van der Waals surface area contributed by atoms with Crippen molar-refractivity contribution in [3.63, 3.8) is 0 Å². The van der Waals surface area contributed by atoms with E-state index in [0.717, 1.165) is 10.9 Å². The van der Waals surface area contributed by atoms with E-state index in [2.05, 4.69) is 0 Å². The fraction of sp³-hybridized carbons (Fsp3) is 0.172. The van der Waals surface area contributed by atoms with Gasteiger partial charge in [0.15, 0.2) is 11.5 Å². The molecule has 1 aliphatic heterocycles. The van der Waals surface area contributed by atoms with Crippen LogP contribution >= 0.6 is 0 Å². The van der Waals surface area contributed by atoms with Gasteiger partial charge in [0.2, 0.25) is 5.78 Å². The highest BCUT2D eigenvalue weighted by Gasteiger charge is 2.44. The standard InChI is InChI=1S/C29H25NO6/c1-34-16-15-30-26(20-11-13-22(14-12-20)35-18-19-7-3-2-4-8-19)25(28(32)29(30)33)27(31)24-17-21-9-5-6-10-23(21)36-24/h2-14,17,26,32H,15-16,18H2,1H3. The number of carbonyl (C=O) groups is 2. The number of rotatable bonds is 9. The Bertz CT molecular complexity index is 1390. The van der Waals surface area contributed by atoms with Gasteiger partial charge in [0.05, 0.1) is 18.2 Å². The minimum Gasteiger partial charge on any atom is -0.503 e. The van der Waals surface area contributed by atoms with E-state index in [1.165, 1.54) is 12.0 Å². The fourth-order valence-electron chi connectivity index (χ4n) is 4.37. The van der Waals surface area contributed by atoms with Crippen molar-refractivity contribution in [2.24, 2.45) is 0 Å². The molecule has 0 aliphatic carbocycles. The van der Waals surface area contributed by atoms with Crippen molar-refractivity contribution in [1.29, 1.82) is 0 Å². The first-order valence-electron chi connectivity index (χ1n) is 11.6. The third-order valence-corrected chi connectivity index (χ3v) is 6.18. The van der Waals surface area contributed by atoms with Crippen molar-refractivity contribution in [1.82, 2.24) is 4.90 Å². The van der Waals surface area contributed by atoms with Gasteiger partial charge in [-0.25, -0.2) is 0 Å². The van der Waals surface area contributed by atoms with Crippen LogP contribution in [0, 0.1) is 0 Å². The number of methoxy groups -OCH3 is 1. The molecule has 0 bridgehead atoms. The molecule has 4 aromatic rings. The number of Topliss-reactive ketones (excluding diaryl/α,β-unsaturated/α-hetero) is 1. The van der Waals surface area contributed by atoms with E-state index < -0.39 is 23.5 Å². The van der Waals surface area contributed by atoms with Crippen LogP contribution in [0.25, 0.3) is 11.0 Å². The van der Waals surface area contributed by atoms with Crippen molar-refractivity contribution in [2.75, 3.05) is 20.3 Å². The van der Waals surface area contributed by atoms with Crippen LogP contribution in [0.4, 0.5) is 0 Å². The molecule has 1 amide bonds. The number of para-hydroxylation sites is 1. The van der Waals surface area contributed by atoms with Crippen LogP contribution < -0.4 is 4.74 Å². The maximum Gasteiger partial charge on any atom is 0.290 e. The highest BCUT2D eigenvalue weighted by Crippen LogP contribution is 2.40. The lowest BCUT2D eigenvalue weighted by molar-refractivity contribution is -0.130. The summed E-state index contributed by atoms with van der Waals surface area (Å²) >= 11 is 0. The Morgan fingerprint density at radius 2 is 1.72 bits per heavy atom. The predicted molar refractivity (Wildman–Crippen MR) is 134 cm³/mol. The van der Waals surface area contributed by atoms with Crippen LogP contribution in [-0.4, -0.2) is 42.0 Å². The summed E-state index contributed by atoms with van der Waals surface area (Å²) in [6, 6.07) is 25.1. The molecule has 3 aromatic carbocycles. The second kappa shape index (κ2) is 10.1. The molecule has 7 heteroatoms. The van der Waals surface area contributed by atoms with Gasteiger partial charge in [-0.1, -0.05) is 60.7 Å². The number of fused-ring (bicyclic) bond motifs is 1. The molecule has 1 N–H and O–H groups in total. The van der Waals surface area contributed by atoms with Crippen LogP contribution in [0.5, 0.6) is 5.75 Å². The van der Waals surface area contributed by atoms with Gasteiger partial charge in [-0.3, -0.25) is 9.59 Å². The molecule has 2 heterocycles. The summed E-state index contributed by atoms with van der Waals surface area (Å²) in [5.74, 6) is -1.03. The maximum absolute atomic E-state index is 13.6. The molecule has 1 atom stereocenters. The summed E-state index contributed by atoms with van der Waals surface area (Å²) in [6.45, 7) is 0.867. The maximum atomic E-state index is 13.6. The van der Waals surface area contributed by atoms with Crippen LogP contribution in [0.15, 0.2) is 101 Å². The number of hydrogen-bond acceptors (Lipinski definition) is 6. The summed E-state index contributed by atoms with van der Waals surface area (Å²) < 4.78 is 16.8. The molecule has 0 spiro atoms. The molecule has 5 rings (SSSR count). The molecular weight excluding hydrogens is 458 g/mol. The predicted octanol–water partition coefficient (Wildman–Crippen LogP) is 5.24. The molecule has 0 radical (unpaired) electrons. The Kier molecular flexibility index (Phi) is 6.56. The fourth-order valence-corrected chi connectivity index (χ4v) is 4.37. The van der Waals surface area contributed by atoms with E-state index >= 15 is 0 Å². The molecule has 0 saturated heterocycles. The lowest BCUT2D eigenvalue weighted by atomic mass is 9.95. The van der Waals surface area contributed by atoms with Crippen molar-refractivity contribution in [2.45, 2.75) is 12.6 Å². The van der Waals surface area contributed by atoms with Gasteiger partial charge in [-0.15, -0.1) is 0 Å². The Hall–Kier alpha value is -4.36. The largest absolute Gasteiger partial charge is 0.503 e. The third kappa shape index (κ3) is 4.48. The number of nitrogens with zero attached hydrogens (tertiary/aromatic N) is 1. The topological polar surface area (TPSA) is 89.2 Å². The van der Waals surface area contributed by atoms with Gasteiger partial charge in [0.1, 0.15) is 17.9 Å². The molecule has 0 fully saturated rings. The molecule has 0 saturated carbocycles. The number of carbonyl (C=O) groups excluding carboxylic acids is 2. The summed E-state index contributed by atoms with van der Waals surface area (Å²) in [4.78, 5) is 28.0. The van der Waals surface area contributed by atoms with E-state index in [4.69, 9.17) is 13.9 Å². The summed E-state index contributed by atoms with van der Waals surface area (Å²) in [7, 11) is 1.53.